The number of sulfone groups is 1. The van der Waals surface area contributed by atoms with E-state index >= 15 is 0 Å². The average molecular weight is 348 g/mol. The van der Waals surface area contributed by atoms with Crippen LogP contribution >= 0.6 is 15.9 Å². The number of benzene rings is 1. The fourth-order valence-corrected chi connectivity index (χ4v) is 1.89. The molecule has 0 bridgehead atoms. The second-order valence-corrected chi connectivity index (χ2v) is 8.68. The molecule has 1 aromatic rings. The summed E-state index contributed by atoms with van der Waals surface area (Å²) in [6, 6.07) is 5.25. The van der Waals surface area contributed by atoms with Crippen molar-refractivity contribution in [1.82, 2.24) is 5.32 Å². The van der Waals surface area contributed by atoms with Crippen LogP contribution in [-0.2, 0) is 9.84 Å². The van der Waals surface area contributed by atoms with Crippen LogP contribution < -0.4 is 5.32 Å². The molecule has 1 aromatic carbocycles. The highest BCUT2D eigenvalue weighted by atomic mass is 79.9. The minimum atomic E-state index is -3.22. The molecule has 0 aromatic heterocycles. The maximum atomic E-state index is 12.0. The van der Waals surface area contributed by atoms with E-state index in [1.54, 1.807) is 32.0 Å². The van der Waals surface area contributed by atoms with E-state index in [0.29, 0.717) is 5.56 Å². The van der Waals surface area contributed by atoms with Crippen molar-refractivity contribution in [2.24, 2.45) is 0 Å². The Morgan fingerprint density at radius 2 is 1.95 bits per heavy atom. The Morgan fingerprint density at radius 3 is 2.42 bits per heavy atom. The Balaban J connectivity index is 2.79. The Hall–Kier alpha value is -0.880. The van der Waals surface area contributed by atoms with Gasteiger partial charge in [0, 0.05) is 22.8 Å². The highest BCUT2D eigenvalue weighted by Gasteiger charge is 2.30. The lowest BCUT2D eigenvalue weighted by Crippen LogP contribution is -2.43. The predicted molar refractivity (Wildman–Crippen MR) is 80.1 cm³/mol. The molecule has 6 heteroatoms. The topological polar surface area (TPSA) is 63.2 Å². The van der Waals surface area contributed by atoms with Gasteiger partial charge in [-0.1, -0.05) is 15.9 Å². The molecule has 0 heterocycles. The van der Waals surface area contributed by atoms with Crippen molar-refractivity contribution in [3.63, 3.8) is 0 Å². The van der Waals surface area contributed by atoms with Crippen LogP contribution in [0.3, 0.4) is 0 Å². The largest absolute Gasteiger partial charge is 0.350 e. The molecule has 0 unspecified atom stereocenters. The third kappa shape index (κ3) is 4.04. The van der Waals surface area contributed by atoms with Crippen LogP contribution in [0.25, 0.3) is 0 Å². The van der Waals surface area contributed by atoms with E-state index in [1.807, 2.05) is 6.92 Å². The summed E-state index contributed by atoms with van der Waals surface area (Å²) in [7, 11) is -3.22. The van der Waals surface area contributed by atoms with Crippen molar-refractivity contribution in [3.8, 4) is 0 Å². The maximum Gasteiger partial charge on any atom is 0.251 e. The second kappa shape index (κ2) is 5.63. The second-order valence-electron chi connectivity index (χ2n) is 5.18. The number of aryl methyl sites for hydroxylation is 1. The van der Waals surface area contributed by atoms with Gasteiger partial charge in [-0.25, -0.2) is 8.42 Å². The molecule has 0 radical (unpaired) electrons. The van der Waals surface area contributed by atoms with E-state index in [0.717, 1.165) is 10.0 Å². The summed E-state index contributed by atoms with van der Waals surface area (Å²) in [5, 5.41) is 2.66. The number of hydrogen-bond donors (Lipinski definition) is 1. The van der Waals surface area contributed by atoms with Gasteiger partial charge in [0.1, 0.15) is 0 Å². The van der Waals surface area contributed by atoms with Gasteiger partial charge < -0.3 is 5.32 Å². The summed E-state index contributed by atoms with van der Waals surface area (Å²) in [5.74, 6) is -0.271. The van der Waals surface area contributed by atoms with Gasteiger partial charge >= 0.3 is 0 Å². The first-order valence-electron chi connectivity index (χ1n) is 5.78. The molecule has 106 valence electrons. The monoisotopic (exact) mass is 347 g/mol. The van der Waals surface area contributed by atoms with Crippen molar-refractivity contribution in [3.05, 3.63) is 33.8 Å². The predicted octanol–water partition coefficient (Wildman–Crippen LogP) is 2.31. The number of carbonyl (C=O) groups is 1. The van der Waals surface area contributed by atoms with Crippen LogP contribution in [0.15, 0.2) is 22.7 Å². The summed E-state index contributed by atoms with van der Waals surface area (Å²) >= 11 is 3.36. The summed E-state index contributed by atoms with van der Waals surface area (Å²) < 4.78 is 23.0. The Morgan fingerprint density at radius 1 is 1.37 bits per heavy atom. The first-order chi connectivity index (χ1) is 8.54. The number of amides is 1. The Labute approximate surface area is 122 Å². The van der Waals surface area contributed by atoms with E-state index < -0.39 is 14.6 Å². The molecule has 1 N–H and O–H groups in total. The minimum Gasteiger partial charge on any atom is -0.350 e. The normalized spacial score (nSPS) is 12.3. The average Bonchev–Trinajstić information content (AvgIpc) is 2.28. The van der Waals surface area contributed by atoms with Gasteiger partial charge in [0.2, 0.25) is 0 Å². The SMILES string of the molecule is Cc1cc(C(=O)NCC(C)(C)S(C)(=O)=O)ccc1Br. The van der Waals surface area contributed by atoms with E-state index in [9.17, 15) is 13.2 Å². The summed E-state index contributed by atoms with van der Waals surface area (Å²) in [4.78, 5) is 12.0. The standard InChI is InChI=1S/C13H18BrNO3S/c1-9-7-10(5-6-11(9)14)12(16)15-8-13(2,3)19(4,17)18/h5-7H,8H2,1-4H3,(H,15,16). The molecule has 0 atom stereocenters. The molecule has 1 amide bonds. The van der Waals surface area contributed by atoms with Gasteiger partial charge in [-0.2, -0.15) is 0 Å². The van der Waals surface area contributed by atoms with Crippen LogP contribution in [0.4, 0.5) is 0 Å². The third-order valence-electron chi connectivity index (χ3n) is 3.10. The highest BCUT2D eigenvalue weighted by molar-refractivity contribution is 9.10. The van der Waals surface area contributed by atoms with Crippen LogP contribution in [0.1, 0.15) is 29.8 Å². The Bertz CT molecular complexity index is 594. The molecule has 0 spiro atoms. The van der Waals surface area contributed by atoms with Crippen LogP contribution in [0.2, 0.25) is 0 Å². The van der Waals surface area contributed by atoms with Crippen molar-refractivity contribution >= 4 is 31.7 Å². The number of carbonyl (C=O) groups excluding carboxylic acids is 1. The molecule has 0 aliphatic carbocycles. The fourth-order valence-electron chi connectivity index (χ4n) is 1.31. The smallest absolute Gasteiger partial charge is 0.251 e. The van der Waals surface area contributed by atoms with E-state index in [1.165, 1.54) is 6.26 Å². The lowest BCUT2D eigenvalue weighted by atomic mass is 10.1. The van der Waals surface area contributed by atoms with Gasteiger partial charge in [-0.05, 0) is 44.5 Å². The van der Waals surface area contributed by atoms with E-state index in [-0.39, 0.29) is 12.5 Å². The van der Waals surface area contributed by atoms with Gasteiger partial charge in [0.25, 0.3) is 5.91 Å². The van der Waals surface area contributed by atoms with Crippen molar-refractivity contribution in [2.45, 2.75) is 25.5 Å². The zero-order valence-corrected chi connectivity index (χ0v) is 13.9. The summed E-state index contributed by atoms with van der Waals surface area (Å²) in [6.07, 6.45) is 1.17. The summed E-state index contributed by atoms with van der Waals surface area (Å²) in [5.41, 5.74) is 1.47. The zero-order chi connectivity index (χ0) is 14.8. The molecule has 1 rings (SSSR count). The van der Waals surface area contributed by atoms with Crippen LogP contribution in [-0.4, -0.2) is 31.9 Å². The van der Waals surface area contributed by atoms with Crippen molar-refractivity contribution < 1.29 is 13.2 Å². The third-order valence-corrected chi connectivity index (χ3v) is 6.14. The first kappa shape index (κ1) is 16.2. The minimum absolute atomic E-state index is 0.0831. The quantitative estimate of drug-likeness (QED) is 0.908. The highest BCUT2D eigenvalue weighted by Crippen LogP contribution is 2.18. The van der Waals surface area contributed by atoms with Crippen LogP contribution in [0.5, 0.6) is 0 Å². The number of hydrogen-bond acceptors (Lipinski definition) is 3. The number of nitrogens with one attached hydrogen (secondary N) is 1. The van der Waals surface area contributed by atoms with E-state index in [2.05, 4.69) is 21.2 Å². The van der Waals surface area contributed by atoms with Gasteiger partial charge in [0.05, 0.1) is 4.75 Å². The molecule has 0 saturated carbocycles. The first-order valence-corrected chi connectivity index (χ1v) is 8.47. The lowest BCUT2D eigenvalue weighted by molar-refractivity contribution is 0.0950. The van der Waals surface area contributed by atoms with Gasteiger partial charge in [-0.3, -0.25) is 4.79 Å². The number of rotatable bonds is 4. The zero-order valence-electron chi connectivity index (χ0n) is 11.5. The van der Waals surface area contributed by atoms with Crippen molar-refractivity contribution in [2.75, 3.05) is 12.8 Å². The summed E-state index contributed by atoms with van der Waals surface area (Å²) in [6.45, 7) is 5.16. The maximum absolute atomic E-state index is 12.0. The van der Waals surface area contributed by atoms with Crippen LogP contribution in [0, 0.1) is 6.92 Å². The lowest BCUT2D eigenvalue weighted by Gasteiger charge is -2.22. The Kier molecular flexibility index (Phi) is 4.79. The van der Waals surface area contributed by atoms with Crippen molar-refractivity contribution in [1.29, 1.82) is 0 Å². The molecule has 19 heavy (non-hydrogen) atoms. The number of halogens is 1. The molecule has 0 aliphatic rings. The molecular formula is C13H18BrNO3S. The molecule has 0 saturated heterocycles. The molecule has 0 fully saturated rings. The molecule has 4 nitrogen and oxygen atoms in total. The van der Waals surface area contributed by atoms with E-state index in [4.69, 9.17) is 0 Å². The van der Waals surface area contributed by atoms with Gasteiger partial charge in [0.15, 0.2) is 9.84 Å². The molecular weight excluding hydrogens is 330 g/mol. The fraction of sp³-hybridized carbons (Fsp3) is 0.462. The molecule has 0 aliphatic heterocycles. The van der Waals surface area contributed by atoms with Gasteiger partial charge in [-0.15, -0.1) is 0 Å².